The fourth-order valence-electron chi connectivity index (χ4n) is 3.12. The molecule has 0 bridgehead atoms. The predicted molar refractivity (Wildman–Crippen MR) is 113 cm³/mol. The van der Waals surface area contributed by atoms with Crippen molar-refractivity contribution in [2.75, 3.05) is 12.4 Å². The molecule has 0 spiro atoms. The van der Waals surface area contributed by atoms with Gasteiger partial charge in [0, 0.05) is 12.0 Å². The Bertz CT molecular complexity index is 1250. The molecule has 0 aliphatic carbocycles. The molecule has 0 saturated carbocycles. The molecule has 1 amide bonds. The second kappa shape index (κ2) is 8.38. The third kappa shape index (κ3) is 3.89. The lowest BCUT2D eigenvalue weighted by Gasteiger charge is -2.11. The number of rotatable bonds is 7. The normalized spacial score (nSPS) is 10.8. The number of hydrogen-bond donors (Lipinski definition) is 4. The number of amides is 1. The Hall–Kier alpha value is -4.03. The molecule has 0 aliphatic rings. The number of carbonyl (C=O) groups is 1. The lowest BCUT2D eigenvalue weighted by atomic mass is 9.79. The molecule has 5 N–H and O–H groups in total. The zero-order valence-electron chi connectivity index (χ0n) is 16.4. The fourth-order valence-corrected chi connectivity index (χ4v) is 3.12. The zero-order valence-corrected chi connectivity index (χ0v) is 16.4. The number of hydrogen-bond acceptors (Lipinski definition) is 9. The highest BCUT2D eigenvalue weighted by Crippen LogP contribution is 2.24. The zero-order chi connectivity index (χ0) is 22.0. The van der Waals surface area contributed by atoms with Gasteiger partial charge in [0.15, 0.2) is 11.5 Å². The van der Waals surface area contributed by atoms with Gasteiger partial charge in [-0.15, -0.1) is 10.2 Å². The minimum Gasteiger partial charge on any atom is -0.468 e. The summed E-state index contributed by atoms with van der Waals surface area (Å²) < 4.78 is 6.79. The summed E-state index contributed by atoms with van der Waals surface area (Å²) in [5.74, 6) is -0.580. The van der Waals surface area contributed by atoms with Crippen molar-refractivity contribution >= 4 is 35.3 Å². The standard InChI is InChI=1S/C19H18BN7O4/c1-31-19-23-14-12(20(29)30)8-5-9-13(14)27(19)18-24-17(15(16(21)28)25-26-18)22-10-11-6-3-2-4-7-11/h2-9,29-30H,10H2,1H3,(H2,21,28)(H,22,24,26). The van der Waals surface area contributed by atoms with E-state index in [0.29, 0.717) is 17.6 Å². The van der Waals surface area contributed by atoms with Crippen LogP contribution in [0.5, 0.6) is 6.01 Å². The molecule has 0 unspecified atom stereocenters. The lowest BCUT2D eigenvalue weighted by molar-refractivity contribution is 0.0995. The summed E-state index contributed by atoms with van der Waals surface area (Å²) in [6, 6.07) is 14.5. The van der Waals surface area contributed by atoms with Crippen LogP contribution in [-0.4, -0.2) is 54.9 Å². The van der Waals surface area contributed by atoms with Gasteiger partial charge < -0.3 is 25.8 Å². The van der Waals surface area contributed by atoms with E-state index in [-0.39, 0.29) is 28.9 Å². The first-order chi connectivity index (χ1) is 15.0. The molecule has 2 aromatic carbocycles. The number of nitrogens with two attached hydrogens (primary N) is 1. The van der Waals surface area contributed by atoms with Gasteiger partial charge in [-0.05, 0) is 11.6 Å². The molecule has 11 nitrogen and oxygen atoms in total. The molecule has 0 saturated heterocycles. The van der Waals surface area contributed by atoms with Gasteiger partial charge in [0.1, 0.15) is 0 Å². The molecule has 2 heterocycles. The molecule has 31 heavy (non-hydrogen) atoms. The molecular formula is C19H18BN7O4. The van der Waals surface area contributed by atoms with E-state index < -0.39 is 13.0 Å². The molecule has 4 aromatic rings. The number of imidazole rings is 1. The summed E-state index contributed by atoms with van der Waals surface area (Å²) in [6.07, 6.45) is 0. The quantitative estimate of drug-likeness (QED) is 0.292. The van der Waals surface area contributed by atoms with Crippen LogP contribution in [0.25, 0.3) is 17.0 Å². The van der Waals surface area contributed by atoms with Crippen LogP contribution >= 0.6 is 0 Å². The Balaban J connectivity index is 1.82. The molecule has 0 aliphatic heterocycles. The monoisotopic (exact) mass is 419 g/mol. The van der Waals surface area contributed by atoms with Crippen LogP contribution in [-0.2, 0) is 6.54 Å². The molecule has 2 aromatic heterocycles. The Morgan fingerprint density at radius 1 is 1.13 bits per heavy atom. The molecule has 0 atom stereocenters. The number of aromatic nitrogens is 5. The van der Waals surface area contributed by atoms with Crippen LogP contribution in [0.15, 0.2) is 48.5 Å². The average Bonchev–Trinajstić information content (AvgIpc) is 3.16. The first kappa shape index (κ1) is 20.3. The summed E-state index contributed by atoms with van der Waals surface area (Å²) >= 11 is 0. The largest absolute Gasteiger partial charge is 0.490 e. The topological polar surface area (TPSA) is 161 Å². The smallest absolute Gasteiger partial charge is 0.468 e. The van der Waals surface area contributed by atoms with Crippen LogP contribution in [0.3, 0.4) is 0 Å². The molecule has 156 valence electrons. The van der Waals surface area contributed by atoms with Crippen LogP contribution < -0.4 is 21.3 Å². The van der Waals surface area contributed by atoms with Crippen molar-refractivity contribution in [2.45, 2.75) is 6.54 Å². The van der Waals surface area contributed by atoms with Gasteiger partial charge in [0.2, 0.25) is 0 Å². The highest BCUT2D eigenvalue weighted by molar-refractivity contribution is 6.61. The fraction of sp³-hybridized carbons (Fsp3) is 0.105. The Kier molecular flexibility index (Phi) is 5.47. The number of ether oxygens (including phenoxy) is 1. The van der Waals surface area contributed by atoms with Gasteiger partial charge in [-0.2, -0.15) is 9.97 Å². The number of fused-ring (bicyclic) bond motifs is 1. The first-order valence-electron chi connectivity index (χ1n) is 9.23. The van der Waals surface area contributed by atoms with E-state index in [2.05, 4.69) is 25.5 Å². The first-order valence-corrected chi connectivity index (χ1v) is 9.23. The van der Waals surface area contributed by atoms with Gasteiger partial charge in [-0.1, -0.05) is 42.5 Å². The second-order valence-electron chi connectivity index (χ2n) is 6.53. The number of carbonyl (C=O) groups excluding carboxylic acids is 1. The van der Waals surface area contributed by atoms with E-state index in [1.165, 1.54) is 17.7 Å². The second-order valence-corrected chi connectivity index (χ2v) is 6.53. The number of methoxy groups -OCH3 is 1. The van der Waals surface area contributed by atoms with Gasteiger partial charge in [0.05, 0.1) is 18.1 Å². The van der Waals surface area contributed by atoms with Crippen molar-refractivity contribution < 1.29 is 19.6 Å². The van der Waals surface area contributed by atoms with Crippen LogP contribution in [0.2, 0.25) is 0 Å². The Morgan fingerprint density at radius 2 is 1.90 bits per heavy atom. The molecule has 0 radical (unpaired) electrons. The van der Waals surface area contributed by atoms with Crippen molar-refractivity contribution in [1.82, 2.24) is 24.7 Å². The maximum absolute atomic E-state index is 11.8. The highest BCUT2D eigenvalue weighted by Gasteiger charge is 2.24. The summed E-state index contributed by atoms with van der Waals surface area (Å²) in [5.41, 5.74) is 7.24. The van der Waals surface area contributed by atoms with Gasteiger partial charge in [-0.25, -0.2) is 4.57 Å². The van der Waals surface area contributed by atoms with Crippen molar-refractivity contribution in [3.05, 3.63) is 59.8 Å². The lowest BCUT2D eigenvalue weighted by Crippen LogP contribution is -2.30. The third-order valence-electron chi connectivity index (χ3n) is 4.56. The van der Waals surface area contributed by atoms with E-state index in [1.54, 1.807) is 12.1 Å². The van der Waals surface area contributed by atoms with Gasteiger partial charge >= 0.3 is 13.1 Å². The van der Waals surface area contributed by atoms with E-state index in [9.17, 15) is 14.8 Å². The summed E-state index contributed by atoms with van der Waals surface area (Å²) in [6.45, 7) is 0.377. The van der Waals surface area contributed by atoms with Crippen LogP contribution in [0.1, 0.15) is 16.1 Å². The SMILES string of the molecule is COc1nc2c(B(O)O)cccc2n1-c1nnc(C(N)=O)c(NCc2ccccc2)n1. The molecule has 4 rings (SSSR count). The van der Waals surface area contributed by atoms with Crippen molar-refractivity contribution in [3.63, 3.8) is 0 Å². The van der Waals surface area contributed by atoms with Crippen molar-refractivity contribution in [2.24, 2.45) is 5.73 Å². The molecule has 12 heteroatoms. The number of primary amides is 1. The molecule has 0 fully saturated rings. The number of para-hydroxylation sites is 1. The number of nitrogens with zero attached hydrogens (tertiary/aromatic N) is 5. The van der Waals surface area contributed by atoms with E-state index >= 15 is 0 Å². The molecular weight excluding hydrogens is 401 g/mol. The number of benzene rings is 2. The van der Waals surface area contributed by atoms with Gasteiger partial charge in [0.25, 0.3) is 11.9 Å². The van der Waals surface area contributed by atoms with E-state index in [0.717, 1.165) is 5.56 Å². The summed E-state index contributed by atoms with van der Waals surface area (Å²) in [7, 11) is -0.317. The minimum atomic E-state index is -1.73. The van der Waals surface area contributed by atoms with Gasteiger partial charge in [-0.3, -0.25) is 4.79 Å². The minimum absolute atomic E-state index is 0.0597. The van der Waals surface area contributed by atoms with Crippen LogP contribution in [0.4, 0.5) is 5.82 Å². The van der Waals surface area contributed by atoms with E-state index in [1.807, 2.05) is 30.3 Å². The number of nitrogens with one attached hydrogen (secondary N) is 1. The predicted octanol–water partition coefficient (Wildman–Crippen LogP) is -0.390. The third-order valence-corrected chi connectivity index (χ3v) is 4.56. The maximum atomic E-state index is 11.8. The number of anilines is 1. The Morgan fingerprint density at radius 3 is 2.58 bits per heavy atom. The van der Waals surface area contributed by atoms with Crippen molar-refractivity contribution in [1.29, 1.82) is 0 Å². The maximum Gasteiger partial charge on any atom is 0.490 e. The van der Waals surface area contributed by atoms with Crippen molar-refractivity contribution in [3.8, 4) is 12.0 Å². The van der Waals surface area contributed by atoms with E-state index in [4.69, 9.17) is 10.5 Å². The van der Waals surface area contributed by atoms with Crippen LogP contribution in [0, 0.1) is 0 Å². The summed E-state index contributed by atoms with van der Waals surface area (Å²) in [5, 5.41) is 30.3. The summed E-state index contributed by atoms with van der Waals surface area (Å²) in [4.78, 5) is 20.6. The Labute approximate surface area is 176 Å². The highest BCUT2D eigenvalue weighted by atomic mass is 16.5. The average molecular weight is 419 g/mol.